The second-order valence-corrected chi connectivity index (χ2v) is 6.40. The molecule has 1 fully saturated rings. The quantitative estimate of drug-likeness (QED) is 0.782. The minimum Gasteiger partial charge on any atom is -0.336 e. The second-order valence-electron chi connectivity index (χ2n) is 6.40. The highest BCUT2D eigenvalue weighted by Gasteiger charge is 2.20. The average molecular weight is 348 g/mol. The zero-order chi connectivity index (χ0) is 17.9. The standard InChI is InChI=1S/C19H20N6O/c1-24-8-10-25(11-9-24)18(26)15-12-21-19(22-13-15)23-16-6-2-4-14-5-3-7-20-17(14)16/h2-7,12-13H,8-11H2,1H3,(H,21,22,23). The molecule has 3 heterocycles. The molecule has 3 aromatic rings. The summed E-state index contributed by atoms with van der Waals surface area (Å²) in [6, 6.07) is 9.80. The van der Waals surface area contributed by atoms with Crippen LogP contribution in [-0.4, -0.2) is 63.9 Å². The number of pyridine rings is 1. The fourth-order valence-electron chi connectivity index (χ4n) is 3.02. The maximum atomic E-state index is 12.5. The largest absolute Gasteiger partial charge is 0.336 e. The molecule has 1 aliphatic rings. The number of hydrogen-bond acceptors (Lipinski definition) is 6. The molecule has 0 bridgehead atoms. The van der Waals surface area contributed by atoms with Gasteiger partial charge in [0.1, 0.15) is 0 Å². The van der Waals surface area contributed by atoms with Gasteiger partial charge in [0.05, 0.1) is 16.8 Å². The van der Waals surface area contributed by atoms with Crippen LogP contribution in [0, 0.1) is 0 Å². The topological polar surface area (TPSA) is 74.2 Å². The maximum Gasteiger partial charge on any atom is 0.257 e. The van der Waals surface area contributed by atoms with E-state index in [1.165, 1.54) is 0 Å². The number of benzene rings is 1. The molecule has 26 heavy (non-hydrogen) atoms. The Bertz CT molecular complexity index is 913. The predicted molar refractivity (Wildman–Crippen MR) is 100 cm³/mol. The van der Waals surface area contributed by atoms with Crippen LogP contribution in [0.25, 0.3) is 10.9 Å². The molecular formula is C19H20N6O. The number of carbonyl (C=O) groups excluding carboxylic acids is 1. The van der Waals surface area contributed by atoms with Gasteiger partial charge in [0.25, 0.3) is 5.91 Å². The highest BCUT2D eigenvalue weighted by atomic mass is 16.2. The number of nitrogens with one attached hydrogen (secondary N) is 1. The van der Waals surface area contributed by atoms with Crippen molar-refractivity contribution in [2.45, 2.75) is 0 Å². The highest BCUT2D eigenvalue weighted by Crippen LogP contribution is 2.22. The van der Waals surface area contributed by atoms with E-state index in [0.29, 0.717) is 11.5 Å². The van der Waals surface area contributed by atoms with Gasteiger partial charge in [0.2, 0.25) is 5.95 Å². The van der Waals surface area contributed by atoms with E-state index in [1.54, 1.807) is 18.6 Å². The summed E-state index contributed by atoms with van der Waals surface area (Å²) >= 11 is 0. The van der Waals surface area contributed by atoms with Gasteiger partial charge in [0, 0.05) is 50.2 Å². The number of aromatic nitrogens is 3. The summed E-state index contributed by atoms with van der Waals surface area (Å²) in [7, 11) is 2.06. The Hall–Kier alpha value is -3.06. The Morgan fingerprint density at radius 2 is 1.73 bits per heavy atom. The predicted octanol–water partition coefficient (Wildman–Crippen LogP) is 2.16. The number of fused-ring (bicyclic) bond motifs is 1. The lowest BCUT2D eigenvalue weighted by Gasteiger charge is -2.32. The van der Waals surface area contributed by atoms with E-state index in [4.69, 9.17) is 0 Å². The zero-order valence-electron chi connectivity index (χ0n) is 14.6. The third-order valence-electron chi connectivity index (χ3n) is 4.57. The van der Waals surface area contributed by atoms with Crippen molar-refractivity contribution in [2.24, 2.45) is 0 Å². The first-order chi connectivity index (χ1) is 12.7. The fraction of sp³-hybridized carbons (Fsp3) is 0.263. The Kier molecular flexibility index (Phi) is 4.45. The molecule has 2 aromatic heterocycles. The molecule has 0 saturated carbocycles. The number of anilines is 2. The van der Waals surface area contributed by atoms with Crippen molar-refractivity contribution in [3.05, 3.63) is 54.5 Å². The van der Waals surface area contributed by atoms with E-state index in [0.717, 1.165) is 42.8 Å². The third kappa shape index (κ3) is 3.34. The van der Waals surface area contributed by atoms with E-state index in [1.807, 2.05) is 35.2 Å². The van der Waals surface area contributed by atoms with Gasteiger partial charge >= 0.3 is 0 Å². The zero-order valence-corrected chi connectivity index (χ0v) is 14.6. The molecule has 0 aliphatic carbocycles. The molecule has 7 nitrogen and oxygen atoms in total. The lowest BCUT2D eigenvalue weighted by atomic mass is 10.2. The summed E-state index contributed by atoms with van der Waals surface area (Å²) in [5, 5.41) is 4.22. The molecule has 1 aliphatic heterocycles. The van der Waals surface area contributed by atoms with Crippen molar-refractivity contribution in [3.63, 3.8) is 0 Å². The summed E-state index contributed by atoms with van der Waals surface area (Å²) in [6.07, 6.45) is 4.91. The molecule has 4 rings (SSSR count). The summed E-state index contributed by atoms with van der Waals surface area (Å²) in [5.74, 6) is 0.426. The van der Waals surface area contributed by atoms with E-state index in [-0.39, 0.29) is 5.91 Å². The summed E-state index contributed by atoms with van der Waals surface area (Å²) in [5.41, 5.74) is 2.20. The van der Waals surface area contributed by atoms with E-state index in [2.05, 4.69) is 32.2 Å². The van der Waals surface area contributed by atoms with Crippen LogP contribution in [0.5, 0.6) is 0 Å². The van der Waals surface area contributed by atoms with Crippen molar-refractivity contribution < 1.29 is 4.79 Å². The number of likely N-dealkylation sites (N-methyl/N-ethyl adjacent to an activating group) is 1. The normalized spacial score (nSPS) is 15.2. The van der Waals surface area contributed by atoms with Crippen molar-refractivity contribution in [3.8, 4) is 0 Å². The van der Waals surface area contributed by atoms with Crippen LogP contribution in [0.15, 0.2) is 48.9 Å². The molecule has 132 valence electrons. The molecule has 1 amide bonds. The van der Waals surface area contributed by atoms with Crippen LogP contribution in [0.1, 0.15) is 10.4 Å². The van der Waals surface area contributed by atoms with Crippen LogP contribution in [-0.2, 0) is 0 Å². The Balaban J connectivity index is 1.50. The van der Waals surface area contributed by atoms with Crippen molar-refractivity contribution in [2.75, 3.05) is 38.5 Å². The SMILES string of the molecule is CN1CCN(C(=O)c2cnc(Nc3cccc4cccnc34)nc2)CC1. The van der Waals surface area contributed by atoms with Crippen LogP contribution in [0.3, 0.4) is 0 Å². The molecule has 0 unspecified atom stereocenters. The molecule has 1 aromatic carbocycles. The van der Waals surface area contributed by atoms with Crippen LogP contribution in [0.4, 0.5) is 11.6 Å². The van der Waals surface area contributed by atoms with Gasteiger partial charge in [0.15, 0.2) is 0 Å². The molecular weight excluding hydrogens is 328 g/mol. The molecule has 7 heteroatoms. The molecule has 0 atom stereocenters. The number of nitrogens with zero attached hydrogens (tertiary/aromatic N) is 5. The van der Waals surface area contributed by atoms with Crippen molar-refractivity contribution in [1.29, 1.82) is 0 Å². The average Bonchev–Trinajstić information content (AvgIpc) is 2.69. The Labute approximate surface area is 151 Å². The van der Waals surface area contributed by atoms with Crippen molar-refractivity contribution >= 4 is 28.4 Å². The summed E-state index contributed by atoms with van der Waals surface area (Å²) in [6.45, 7) is 3.24. The number of hydrogen-bond donors (Lipinski definition) is 1. The molecule has 1 saturated heterocycles. The summed E-state index contributed by atoms with van der Waals surface area (Å²) < 4.78 is 0. The van der Waals surface area contributed by atoms with Crippen molar-refractivity contribution in [1.82, 2.24) is 24.8 Å². The summed E-state index contributed by atoms with van der Waals surface area (Å²) in [4.78, 5) is 29.6. The van der Waals surface area contributed by atoms with Crippen LogP contribution < -0.4 is 5.32 Å². The monoisotopic (exact) mass is 348 g/mol. The Morgan fingerprint density at radius 1 is 1.00 bits per heavy atom. The maximum absolute atomic E-state index is 12.5. The lowest BCUT2D eigenvalue weighted by molar-refractivity contribution is 0.0663. The minimum atomic E-state index is -0.0172. The van der Waals surface area contributed by atoms with Gasteiger partial charge in [-0.05, 0) is 19.2 Å². The first-order valence-corrected chi connectivity index (χ1v) is 8.61. The minimum absolute atomic E-state index is 0.0172. The number of amides is 1. The smallest absolute Gasteiger partial charge is 0.257 e. The van der Waals surface area contributed by atoms with Gasteiger partial charge in [-0.1, -0.05) is 18.2 Å². The van der Waals surface area contributed by atoms with Gasteiger partial charge in [-0.15, -0.1) is 0 Å². The third-order valence-corrected chi connectivity index (χ3v) is 4.57. The van der Waals surface area contributed by atoms with Crippen LogP contribution in [0.2, 0.25) is 0 Å². The molecule has 0 spiro atoms. The fourth-order valence-corrected chi connectivity index (χ4v) is 3.02. The van der Waals surface area contributed by atoms with Gasteiger partial charge < -0.3 is 15.1 Å². The highest BCUT2D eigenvalue weighted by molar-refractivity contribution is 5.94. The first-order valence-electron chi connectivity index (χ1n) is 8.61. The number of carbonyl (C=O) groups is 1. The van der Waals surface area contributed by atoms with Gasteiger partial charge in [-0.25, -0.2) is 9.97 Å². The molecule has 0 radical (unpaired) electrons. The second kappa shape index (κ2) is 7.05. The van der Waals surface area contributed by atoms with E-state index >= 15 is 0 Å². The number of para-hydroxylation sites is 1. The first kappa shape index (κ1) is 16.4. The van der Waals surface area contributed by atoms with Crippen LogP contribution >= 0.6 is 0 Å². The van der Waals surface area contributed by atoms with E-state index < -0.39 is 0 Å². The van der Waals surface area contributed by atoms with Gasteiger partial charge in [-0.2, -0.15) is 0 Å². The van der Waals surface area contributed by atoms with Gasteiger partial charge in [-0.3, -0.25) is 9.78 Å². The number of rotatable bonds is 3. The lowest BCUT2D eigenvalue weighted by Crippen LogP contribution is -2.47. The Morgan fingerprint density at radius 3 is 2.50 bits per heavy atom. The number of piperazine rings is 1. The molecule has 1 N–H and O–H groups in total. The van der Waals surface area contributed by atoms with E-state index in [9.17, 15) is 4.79 Å².